The van der Waals surface area contributed by atoms with E-state index in [9.17, 15) is 38.4 Å². The van der Waals surface area contributed by atoms with E-state index in [1.165, 1.54) is 75.9 Å². The number of oxime groups is 2. The zero-order chi connectivity index (χ0) is 69.5. The molecule has 0 radical (unpaired) electrons. The van der Waals surface area contributed by atoms with Gasteiger partial charge in [-0.25, -0.2) is 20.3 Å². The van der Waals surface area contributed by atoms with Crippen LogP contribution in [0.4, 0.5) is 31.4 Å². The number of hydroxylamine groups is 7. The first-order valence-corrected chi connectivity index (χ1v) is 41.1. The number of imide groups is 2. The molecule has 0 fully saturated rings. The molecule has 2 aliphatic rings. The van der Waals surface area contributed by atoms with Gasteiger partial charge in [0.25, 0.3) is 23.6 Å². The number of aryl methyl sites for hydroxylation is 4. The molecule has 0 aliphatic carbocycles. The Morgan fingerprint density at radius 2 is 0.945 bits per heavy atom. The molecule has 34 heteroatoms. The average Bonchev–Trinajstić information content (AvgIpc) is 1.86. The van der Waals surface area contributed by atoms with Gasteiger partial charge in [-0.15, -0.1) is 10.1 Å². The Kier molecular flexibility index (Phi) is 43.8. The zero-order valence-corrected chi connectivity index (χ0v) is 62.1. The van der Waals surface area contributed by atoms with Crippen LogP contribution < -0.4 is 32.8 Å². The summed E-state index contributed by atoms with van der Waals surface area (Å²) in [5.41, 5.74) is 8.35. The van der Waals surface area contributed by atoms with Crippen molar-refractivity contribution in [3.63, 3.8) is 0 Å². The van der Waals surface area contributed by atoms with Crippen LogP contribution in [0.1, 0.15) is 95.6 Å². The number of halogens is 4. The summed E-state index contributed by atoms with van der Waals surface area (Å²) in [4.78, 5) is 127. The van der Waals surface area contributed by atoms with E-state index in [2.05, 4.69) is 123 Å². The van der Waals surface area contributed by atoms with E-state index in [-0.39, 0.29) is 40.9 Å². The van der Waals surface area contributed by atoms with Gasteiger partial charge in [-0.3, -0.25) is 65.1 Å². The van der Waals surface area contributed by atoms with Crippen LogP contribution in [0.2, 0.25) is 0 Å². The Morgan fingerprint density at radius 3 is 1.30 bits per heavy atom. The molecule has 29 nitrogen and oxygen atoms in total. The Morgan fingerprint density at radius 1 is 0.560 bits per heavy atom. The second-order valence-corrected chi connectivity index (χ2v) is 28.9. The quantitative estimate of drug-likeness (QED) is 0.0136. The van der Waals surface area contributed by atoms with Gasteiger partial charge in [0, 0.05) is 55.3 Å². The maximum absolute atomic E-state index is 12.4. The summed E-state index contributed by atoms with van der Waals surface area (Å²) in [5.74, 6) is 10.5. The molecule has 0 aromatic heterocycles. The predicted octanol–water partition coefficient (Wildman–Crippen LogP) is 10.7. The summed E-state index contributed by atoms with van der Waals surface area (Å²) in [5, 5.41) is 20.0. The number of methoxy groups -OCH3 is 3. The molecule has 2 aliphatic heterocycles. The third-order valence-corrected chi connectivity index (χ3v) is 11.7. The number of hydrogen-bond acceptors (Lipinski definition) is 24. The molecule has 91 heavy (non-hydrogen) atoms. The van der Waals surface area contributed by atoms with Gasteiger partial charge in [-0.05, 0) is 86.7 Å². The molecule has 5 aromatic carbocycles. The molecule has 497 valence electrons. The second-order valence-electron chi connectivity index (χ2n) is 17.1. The van der Waals surface area contributed by atoms with Crippen LogP contribution >= 0.6 is 77.2 Å². The molecule has 0 spiro atoms. The van der Waals surface area contributed by atoms with E-state index in [0.29, 0.717) is 43.2 Å². The maximum atomic E-state index is 12.4. The molecule has 7 N–H and O–H groups in total. The van der Waals surface area contributed by atoms with E-state index >= 15 is 0 Å². The van der Waals surface area contributed by atoms with Gasteiger partial charge >= 0.3 is 67.7 Å². The molecule has 0 atom stereocenters. The van der Waals surface area contributed by atoms with Crippen LogP contribution in [0.15, 0.2) is 113 Å². The molecule has 0 unspecified atom stereocenters. The van der Waals surface area contributed by atoms with Gasteiger partial charge in [0.15, 0.2) is 11.5 Å². The number of anilines is 3. The number of ketones is 1. The SMILES string of the molecule is CCc1ccc(C)cc1N(OC)C(=O)OC.CO/N=C(C)/C(=N\OC)C(C)=O.COC(=O)N(OC)c1c(C)cccc1CON.COC(=O)N(OC)c1c(C)cccc1CON1C(=O)c2ccccc2C1=O.II.NN.O=C1c2ccccc2C(=O)N1O.[I][V][I]. The van der Waals surface area contributed by atoms with Crippen molar-refractivity contribution in [1.82, 2.24) is 10.1 Å². The van der Waals surface area contributed by atoms with Crippen LogP contribution in [0, 0.1) is 20.8 Å². The van der Waals surface area contributed by atoms with Gasteiger partial charge in [-0.1, -0.05) is 90.0 Å². The summed E-state index contributed by atoms with van der Waals surface area (Å²) in [6, 6.07) is 29.4. The van der Waals surface area contributed by atoms with Gasteiger partial charge in [0.2, 0.25) is 0 Å². The second kappa shape index (κ2) is 46.9. The van der Waals surface area contributed by atoms with E-state index in [4.69, 9.17) is 35.2 Å². The summed E-state index contributed by atoms with van der Waals surface area (Å²) >= 11 is 8.98. The molecule has 2 heterocycles. The molecule has 0 saturated carbocycles. The number of nitrogens with zero attached hydrogens (tertiary/aromatic N) is 7. The summed E-state index contributed by atoms with van der Waals surface area (Å²) in [7, 11) is 11.4. The van der Waals surface area contributed by atoms with Crippen LogP contribution in [0.5, 0.6) is 0 Å². The molecule has 0 saturated heterocycles. The summed E-state index contributed by atoms with van der Waals surface area (Å²) in [6.07, 6.45) is -1.02. The molecule has 7 amide bonds. The number of Topliss-reactive ketones (excluding diaryl/α,β-unsaturated/α-hetero) is 1. The zero-order valence-electron chi connectivity index (χ0n) is 52.1. The van der Waals surface area contributed by atoms with Gasteiger partial charge in [0.05, 0.1) is 88.6 Å². The number of nitrogens with two attached hydrogens (primary N) is 3. The Bertz CT molecular complexity index is 3190. The predicted molar refractivity (Wildman–Crippen MR) is 368 cm³/mol. The van der Waals surface area contributed by atoms with Crippen molar-refractivity contribution >= 4 is 153 Å². The third-order valence-electron chi connectivity index (χ3n) is 11.7. The Balaban J connectivity index is 0.00000112. The van der Waals surface area contributed by atoms with E-state index in [1.807, 2.05) is 51.1 Å². The Labute approximate surface area is 579 Å². The van der Waals surface area contributed by atoms with Crippen LogP contribution in [-0.2, 0) is 82.0 Å². The number of ether oxygens (including phenoxy) is 3. The fraction of sp³-hybridized carbons (Fsp3) is 0.298. The van der Waals surface area contributed by atoms with E-state index < -0.39 is 41.9 Å². The number of benzene rings is 5. The number of carbonyl (C=O) groups excluding carboxylic acids is 8. The fourth-order valence-electron chi connectivity index (χ4n) is 7.79. The van der Waals surface area contributed by atoms with E-state index in [1.54, 1.807) is 74.5 Å². The number of hydrazine groups is 1. The van der Waals surface area contributed by atoms with Crippen molar-refractivity contribution in [2.45, 2.75) is 61.2 Å². The van der Waals surface area contributed by atoms with Crippen molar-refractivity contribution in [3.05, 3.63) is 159 Å². The molecular weight excluding hydrogens is 1690 g/mol. The average molecular weight is 1760 g/mol. The number of amides is 7. The Hall–Kier alpha value is -6.06. The van der Waals surface area contributed by atoms with Crippen molar-refractivity contribution < 1.29 is 101 Å². The summed E-state index contributed by atoms with van der Waals surface area (Å²) < 4.78 is 14.0. The fourth-order valence-corrected chi connectivity index (χ4v) is 7.79. The van der Waals surface area contributed by atoms with Crippen LogP contribution in [0.25, 0.3) is 0 Å². The van der Waals surface area contributed by atoms with Crippen molar-refractivity contribution in [1.29, 1.82) is 0 Å². The van der Waals surface area contributed by atoms with Gasteiger partial charge < -0.3 is 23.9 Å². The number of fused-ring (bicyclic) bond motifs is 2. The first-order valence-electron chi connectivity index (χ1n) is 25.8. The summed E-state index contributed by atoms with van der Waals surface area (Å²) in [6.45, 7) is 10.7. The number of carbonyl (C=O) groups is 8. The van der Waals surface area contributed by atoms with Crippen molar-refractivity contribution in [2.24, 2.45) is 27.9 Å². The molecule has 5 aromatic rings. The van der Waals surface area contributed by atoms with Gasteiger partial charge in [0.1, 0.15) is 26.5 Å². The topological polar surface area (TPSA) is 368 Å². The van der Waals surface area contributed by atoms with E-state index in [0.717, 1.165) is 60.2 Å². The third kappa shape index (κ3) is 25.4. The normalized spacial score (nSPS) is 11.5. The minimum absolute atomic E-state index is 0.126. The number of hydrogen-bond donors (Lipinski definition) is 4. The molecular formula is C57H72I4N10O19V. The van der Waals surface area contributed by atoms with Crippen molar-refractivity contribution in [2.75, 3.05) is 72.1 Å². The molecule has 0 bridgehead atoms. The van der Waals surface area contributed by atoms with Gasteiger partial charge in [-0.2, -0.15) is 15.2 Å². The molecule has 7 rings (SSSR count). The first-order chi connectivity index (χ1) is 43.5. The van der Waals surface area contributed by atoms with Crippen molar-refractivity contribution in [3.8, 4) is 0 Å². The number of para-hydroxylation sites is 2. The minimum atomic E-state index is -0.714. The van der Waals surface area contributed by atoms with Crippen LogP contribution in [-0.4, -0.2) is 131 Å². The van der Waals surface area contributed by atoms with Crippen LogP contribution in [0.3, 0.4) is 0 Å². The number of rotatable bonds is 16. The first kappa shape index (κ1) is 84.9. The standard InChI is InChI=1S/C19H18N2O6.C12H17NO3.C11H16N2O4.C8H5NO3.C7H12N2O3.I2.2HI.H4N2.V/c1-12-7-6-8-13(16(12)20(26-3)19(24)25-2)11-27-21-17(22)14-9-4-5-10-15(14)18(21)23;1-5-10-7-6-9(2)8-11(10)13(16-4)12(14)15-3;1-8-5-4-6-9(7-17-12)10(8)13(16-3)11(14)15-2;10-7-5-3-1-2-4-6(5)8(11)9(7)12;1-5(8-11-3)7(6(2)10)9-12-4;1-2;;;1-2;/h4-10H,11H2,1-3H3;6-8H,5H2,1-4H3;4-6H,7,12H2,1-3H3;1-4,12H;1-4H3;;2*1H;1-2H2;/q;;;;;;;;;+2/p-2/b;;;;8-5+,9-7+;;;;;. The monoisotopic (exact) mass is 1760 g/mol.